The van der Waals surface area contributed by atoms with E-state index < -0.39 is 10.0 Å². The van der Waals surface area contributed by atoms with Crippen molar-refractivity contribution in [2.45, 2.75) is 12.3 Å². The Hall–Kier alpha value is -1.76. The molecule has 1 heterocycles. The first-order valence-corrected chi connectivity index (χ1v) is 7.94. The van der Waals surface area contributed by atoms with Crippen molar-refractivity contribution in [3.8, 4) is 5.75 Å². The number of esters is 1. The van der Waals surface area contributed by atoms with Gasteiger partial charge in [0, 0.05) is 18.5 Å². The van der Waals surface area contributed by atoms with E-state index in [1.54, 1.807) is 18.2 Å². The maximum atomic E-state index is 11.9. The Morgan fingerprint density at radius 2 is 2.10 bits per heavy atom. The van der Waals surface area contributed by atoms with E-state index in [4.69, 9.17) is 4.74 Å². The summed E-state index contributed by atoms with van der Waals surface area (Å²) in [5.74, 6) is 0.0290. The molecule has 0 fully saturated rings. The van der Waals surface area contributed by atoms with Crippen LogP contribution in [0, 0.1) is 0 Å². The van der Waals surface area contributed by atoms with Crippen molar-refractivity contribution in [3.63, 3.8) is 0 Å². The van der Waals surface area contributed by atoms with Crippen LogP contribution in [0.25, 0.3) is 0 Å². The van der Waals surface area contributed by atoms with E-state index in [2.05, 4.69) is 4.74 Å². The summed E-state index contributed by atoms with van der Waals surface area (Å²) in [4.78, 5) is 11.4. The Morgan fingerprint density at radius 1 is 1.40 bits per heavy atom. The summed E-state index contributed by atoms with van der Waals surface area (Å²) in [6.45, 7) is 0.246. The zero-order chi connectivity index (χ0) is 14.9. The topological polar surface area (TPSA) is 72.9 Å². The lowest BCUT2D eigenvalue weighted by atomic mass is 9.98. The second-order valence-corrected chi connectivity index (χ2v) is 6.60. The quantitative estimate of drug-likeness (QED) is 0.779. The van der Waals surface area contributed by atoms with Gasteiger partial charge in [0.2, 0.25) is 10.0 Å². The molecule has 6 nitrogen and oxygen atoms in total. The predicted molar refractivity (Wildman–Crippen MR) is 74.6 cm³/mol. The van der Waals surface area contributed by atoms with Crippen LogP contribution in [0.15, 0.2) is 18.2 Å². The first kappa shape index (κ1) is 14.6. The number of rotatable bonds is 4. The highest BCUT2D eigenvalue weighted by Gasteiger charge is 2.35. The van der Waals surface area contributed by atoms with Crippen molar-refractivity contribution in [2.75, 3.05) is 31.3 Å². The highest BCUT2D eigenvalue weighted by Crippen LogP contribution is 2.41. The van der Waals surface area contributed by atoms with E-state index in [9.17, 15) is 13.2 Å². The molecule has 20 heavy (non-hydrogen) atoms. The fourth-order valence-electron chi connectivity index (χ4n) is 2.38. The molecule has 1 aliphatic rings. The SMILES string of the molecule is COC(=O)CC1CN(S(C)(=O)=O)c2cc(OC)ccc21. The fourth-order valence-corrected chi connectivity index (χ4v) is 3.35. The molecule has 1 atom stereocenters. The zero-order valence-corrected chi connectivity index (χ0v) is 12.4. The van der Waals surface area contributed by atoms with Gasteiger partial charge in [-0.1, -0.05) is 6.07 Å². The van der Waals surface area contributed by atoms with Gasteiger partial charge >= 0.3 is 5.97 Å². The van der Waals surface area contributed by atoms with Crippen LogP contribution < -0.4 is 9.04 Å². The molecule has 0 spiro atoms. The van der Waals surface area contributed by atoms with Gasteiger partial charge in [-0.05, 0) is 11.6 Å². The van der Waals surface area contributed by atoms with Crippen LogP contribution in [-0.4, -0.2) is 41.4 Å². The van der Waals surface area contributed by atoms with Gasteiger partial charge < -0.3 is 9.47 Å². The van der Waals surface area contributed by atoms with Gasteiger partial charge in [0.25, 0.3) is 0 Å². The van der Waals surface area contributed by atoms with E-state index in [0.717, 1.165) is 11.8 Å². The van der Waals surface area contributed by atoms with Crippen LogP contribution in [0.5, 0.6) is 5.75 Å². The lowest BCUT2D eigenvalue weighted by Crippen LogP contribution is -2.29. The third kappa shape index (κ3) is 2.72. The van der Waals surface area contributed by atoms with Gasteiger partial charge in [-0.15, -0.1) is 0 Å². The molecule has 0 saturated carbocycles. The Balaban J connectivity index is 2.43. The molecule has 0 saturated heterocycles. The summed E-state index contributed by atoms with van der Waals surface area (Å²) < 4.78 is 34.8. The summed E-state index contributed by atoms with van der Waals surface area (Å²) in [6, 6.07) is 5.23. The van der Waals surface area contributed by atoms with Crippen LogP contribution in [0.1, 0.15) is 17.9 Å². The number of ether oxygens (including phenoxy) is 2. The molecule has 1 aromatic carbocycles. The molecule has 1 unspecified atom stereocenters. The summed E-state index contributed by atoms with van der Waals surface area (Å²) in [5.41, 5.74) is 1.39. The molecule has 0 aliphatic carbocycles. The minimum absolute atomic E-state index is 0.155. The Bertz CT molecular complexity index is 626. The van der Waals surface area contributed by atoms with Gasteiger partial charge in [0.1, 0.15) is 5.75 Å². The number of hydrogen-bond donors (Lipinski definition) is 0. The molecule has 0 aromatic heterocycles. The molecule has 2 rings (SSSR count). The number of hydrogen-bond acceptors (Lipinski definition) is 5. The van der Waals surface area contributed by atoms with E-state index in [1.165, 1.54) is 18.5 Å². The van der Waals surface area contributed by atoms with Crippen molar-refractivity contribution >= 4 is 21.7 Å². The second-order valence-electron chi connectivity index (χ2n) is 4.70. The molecule has 0 amide bonds. The number of methoxy groups -OCH3 is 2. The molecule has 0 N–H and O–H groups in total. The number of fused-ring (bicyclic) bond motifs is 1. The molecule has 1 aromatic rings. The van der Waals surface area contributed by atoms with Gasteiger partial charge in [-0.25, -0.2) is 8.42 Å². The number of carbonyl (C=O) groups excluding carboxylic acids is 1. The van der Waals surface area contributed by atoms with Crippen LogP contribution in [-0.2, 0) is 19.6 Å². The van der Waals surface area contributed by atoms with Crippen molar-refractivity contribution < 1.29 is 22.7 Å². The third-order valence-electron chi connectivity index (χ3n) is 3.37. The highest BCUT2D eigenvalue weighted by atomic mass is 32.2. The lowest BCUT2D eigenvalue weighted by molar-refractivity contribution is -0.140. The summed E-state index contributed by atoms with van der Waals surface area (Å²) in [7, 11) is -0.549. The number of anilines is 1. The van der Waals surface area contributed by atoms with Gasteiger partial charge in [-0.2, -0.15) is 0 Å². The van der Waals surface area contributed by atoms with Gasteiger partial charge in [-0.3, -0.25) is 9.10 Å². The average molecular weight is 299 g/mol. The average Bonchev–Trinajstić information content (AvgIpc) is 2.76. The van der Waals surface area contributed by atoms with E-state index in [0.29, 0.717) is 11.4 Å². The first-order valence-electron chi connectivity index (χ1n) is 6.09. The molecule has 7 heteroatoms. The minimum atomic E-state index is -3.39. The van der Waals surface area contributed by atoms with Crippen molar-refractivity contribution in [1.82, 2.24) is 0 Å². The maximum absolute atomic E-state index is 11.9. The van der Waals surface area contributed by atoms with Crippen LogP contribution in [0.4, 0.5) is 5.69 Å². The standard InChI is InChI=1S/C13H17NO5S/c1-18-10-4-5-11-9(6-13(15)19-2)8-14(12(11)7-10)20(3,16)17/h4-5,7,9H,6,8H2,1-3H3. The van der Waals surface area contributed by atoms with Crippen molar-refractivity contribution in [1.29, 1.82) is 0 Å². The molecule has 110 valence electrons. The second kappa shape index (κ2) is 5.32. The normalized spacial score (nSPS) is 17.8. The Kier molecular flexibility index (Phi) is 3.89. The van der Waals surface area contributed by atoms with E-state index in [-0.39, 0.29) is 24.9 Å². The molecular weight excluding hydrogens is 282 g/mol. The molecule has 0 radical (unpaired) electrons. The zero-order valence-electron chi connectivity index (χ0n) is 11.6. The monoisotopic (exact) mass is 299 g/mol. The van der Waals surface area contributed by atoms with Crippen LogP contribution in [0.3, 0.4) is 0 Å². The summed E-state index contributed by atoms with van der Waals surface area (Å²) >= 11 is 0. The number of nitrogens with zero attached hydrogens (tertiary/aromatic N) is 1. The molecule has 1 aliphatic heterocycles. The van der Waals surface area contributed by atoms with Gasteiger partial charge in [0.05, 0.1) is 32.6 Å². The van der Waals surface area contributed by atoms with E-state index in [1.807, 2.05) is 0 Å². The van der Waals surface area contributed by atoms with Crippen LogP contribution in [0.2, 0.25) is 0 Å². The number of carbonyl (C=O) groups is 1. The first-order chi connectivity index (χ1) is 9.36. The third-order valence-corrected chi connectivity index (χ3v) is 4.52. The summed E-state index contributed by atoms with van der Waals surface area (Å²) in [6.07, 6.45) is 1.30. The van der Waals surface area contributed by atoms with Crippen molar-refractivity contribution in [2.24, 2.45) is 0 Å². The summed E-state index contributed by atoms with van der Waals surface area (Å²) in [5, 5.41) is 0. The number of benzene rings is 1. The van der Waals surface area contributed by atoms with E-state index >= 15 is 0 Å². The van der Waals surface area contributed by atoms with Crippen LogP contribution >= 0.6 is 0 Å². The van der Waals surface area contributed by atoms with Gasteiger partial charge in [0.15, 0.2) is 0 Å². The fraction of sp³-hybridized carbons (Fsp3) is 0.462. The highest BCUT2D eigenvalue weighted by molar-refractivity contribution is 7.92. The minimum Gasteiger partial charge on any atom is -0.497 e. The predicted octanol–water partition coefficient (Wildman–Crippen LogP) is 1.12. The largest absolute Gasteiger partial charge is 0.497 e. The van der Waals surface area contributed by atoms with Crippen molar-refractivity contribution in [3.05, 3.63) is 23.8 Å². The molecular formula is C13H17NO5S. The Labute approximate surface area is 118 Å². The molecule has 0 bridgehead atoms. The maximum Gasteiger partial charge on any atom is 0.306 e. The Morgan fingerprint density at radius 3 is 2.65 bits per heavy atom. The lowest BCUT2D eigenvalue weighted by Gasteiger charge is -2.17. The smallest absolute Gasteiger partial charge is 0.306 e. The number of sulfonamides is 1.